The van der Waals surface area contributed by atoms with Crippen molar-refractivity contribution in [1.82, 2.24) is 19.9 Å². The van der Waals surface area contributed by atoms with Crippen LogP contribution in [0.1, 0.15) is 12.5 Å². The predicted octanol–water partition coefficient (Wildman–Crippen LogP) is 1.95. The van der Waals surface area contributed by atoms with Crippen LogP contribution in [-0.4, -0.2) is 64.7 Å². The number of carbonyl (C=O) groups is 1. The van der Waals surface area contributed by atoms with Crippen LogP contribution in [0.5, 0.6) is 0 Å². The van der Waals surface area contributed by atoms with Crippen LogP contribution in [0.3, 0.4) is 0 Å². The number of rotatable bonds is 4. The minimum absolute atomic E-state index is 0.413. The molecule has 0 bridgehead atoms. The molecule has 0 saturated carbocycles. The van der Waals surface area contributed by atoms with E-state index in [-0.39, 0.29) is 0 Å². The summed E-state index contributed by atoms with van der Waals surface area (Å²) >= 11 is 0. The van der Waals surface area contributed by atoms with Gasteiger partial charge in [-0.2, -0.15) is 0 Å². The summed E-state index contributed by atoms with van der Waals surface area (Å²) in [5, 5.41) is 9.97. The van der Waals surface area contributed by atoms with Crippen molar-refractivity contribution in [3.05, 3.63) is 48.3 Å². The second-order valence-corrected chi connectivity index (χ2v) is 6.76. The number of benzene rings is 1. The summed E-state index contributed by atoms with van der Waals surface area (Å²) in [6.07, 6.45) is 0.180. The van der Waals surface area contributed by atoms with Crippen LogP contribution in [0.25, 0.3) is 22.3 Å². The Morgan fingerprint density at radius 2 is 1.97 bits per heavy atom. The van der Waals surface area contributed by atoms with Gasteiger partial charge in [-0.3, -0.25) is 4.79 Å². The van der Waals surface area contributed by atoms with E-state index in [1.54, 1.807) is 7.05 Å². The minimum atomic E-state index is -1.35. The number of aromatic nitrogens is 3. The highest BCUT2D eigenvalue weighted by atomic mass is 16.3. The lowest BCUT2D eigenvalue weighted by molar-refractivity contribution is -0.135. The first-order valence-corrected chi connectivity index (χ1v) is 9.24. The van der Waals surface area contributed by atoms with Gasteiger partial charge in [0.1, 0.15) is 11.8 Å². The van der Waals surface area contributed by atoms with Crippen molar-refractivity contribution in [3.8, 4) is 23.1 Å². The predicted molar refractivity (Wildman–Crippen MR) is 113 cm³/mol. The molecule has 7 heteroatoms. The lowest BCUT2D eigenvalue weighted by Crippen LogP contribution is -2.35. The van der Waals surface area contributed by atoms with Gasteiger partial charge in [0.15, 0.2) is 11.9 Å². The molecule has 3 rings (SSSR count). The van der Waals surface area contributed by atoms with E-state index in [0.29, 0.717) is 12.1 Å². The molecule has 148 valence electrons. The van der Waals surface area contributed by atoms with Gasteiger partial charge in [0.2, 0.25) is 0 Å². The number of fused-ring (bicyclic) bond motifs is 1. The topological polar surface area (TPSA) is 82.5 Å². The van der Waals surface area contributed by atoms with Gasteiger partial charge >= 0.3 is 0 Å². The van der Waals surface area contributed by atoms with Crippen LogP contribution in [-0.2, 0) is 4.79 Å². The largest absolute Gasteiger partial charge is 0.372 e. The summed E-state index contributed by atoms with van der Waals surface area (Å²) in [6.45, 7) is 2.35. The highest BCUT2D eigenvalue weighted by Gasteiger charge is 2.15. The van der Waals surface area contributed by atoms with Crippen LogP contribution >= 0.6 is 0 Å². The lowest BCUT2D eigenvalue weighted by atomic mass is 10.1. The van der Waals surface area contributed by atoms with E-state index < -0.39 is 12.0 Å². The highest BCUT2D eigenvalue weighted by molar-refractivity contribution is 5.87. The number of pyridine rings is 1. The van der Waals surface area contributed by atoms with Gasteiger partial charge in [0, 0.05) is 38.8 Å². The van der Waals surface area contributed by atoms with Gasteiger partial charge in [-0.15, -0.1) is 0 Å². The summed E-state index contributed by atoms with van der Waals surface area (Å²) in [4.78, 5) is 28.6. The fourth-order valence-electron chi connectivity index (χ4n) is 2.75. The summed E-state index contributed by atoms with van der Waals surface area (Å²) in [5.74, 6) is 5.82. The van der Waals surface area contributed by atoms with E-state index in [1.807, 2.05) is 62.3 Å². The Bertz CT molecular complexity index is 1100. The van der Waals surface area contributed by atoms with E-state index in [0.717, 1.165) is 28.1 Å². The monoisotopic (exact) mass is 389 g/mol. The fraction of sp³-hybridized carbons (Fsp3) is 0.273. The molecule has 0 aliphatic rings. The molecule has 0 spiro atoms. The zero-order chi connectivity index (χ0) is 21.0. The summed E-state index contributed by atoms with van der Waals surface area (Å²) in [7, 11) is 5.45. The number of carbonyl (C=O) groups excluding carboxylic acids is 1. The molecule has 2 aromatic heterocycles. The average Bonchev–Trinajstić information content (AvgIpc) is 2.75. The maximum absolute atomic E-state index is 11.9. The second-order valence-electron chi connectivity index (χ2n) is 6.76. The smallest absolute Gasteiger partial charge is 0.263 e. The zero-order valence-corrected chi connectivity index (χ0v) is 16.9. The van der Waals surface area contributed by atoms with E-state index in [9.17, 15) is 9.90 Å². The lowest BCUT2D eigenvalue weighted by Gasteiger charge is -2.15. The Morgan fingerprint density at radius 1 is 1.17 bits per heavy atom. The van der Waals surface area contributed by atoms with E-state index >= 15 is 0 Å². The SMILES string of the molecule is CCN(C)C(=O)[C@H](O)C#Cc1cccc(-c2ccc3ncnc(N(C)C)c3n2)c1. The van der Waals surface area contributed by atoms with E-state index in [4.69, 9.17) is 4.98 Å². The molecule has 0 aliphatic carbocycles. The van der Waals surface area contributed by atoms with Crippen LogP contribution in [0.2, 0.25) is 0 Å². The molecule has 0 unspecified atom stereocenters. The third kappa shape index (κ3) is 4.50. The van der Waals surface area contributed by atoms with Crippen molar-refractivity contribution >= 4 is 22.8 Å². The zero-order valence-electron chi connectivity index (χ0n) is 16.9. The normalized spacial score (nSPS) is 11.5. The molecule has 7 nitrogen and oxygen atoms in total. The molecule has 1 amide bonds. The van der Waals surface area contributed by atoms with Crippen LogP contribution in [0.15, 0.2) is 42.7 Å². The number of nitrogens with zero attached hydrogens (tertiary/aromatic N) is 5. The molecule has 3 aromatic rings. The molecule has 0 radical (unpaired) electrons. The first kappa shape index (κ1) is 20.2. The van der Waals surface area contributed by atoms with Gasteiger partial charge < -0.3 is 14.9 Å². The van der Waals surface area contributed by atoms with Crippen LogP contribution in [0, 0.1) is 11.8 Å². The molecule has 0 saturated heterocycles. The Hall–Kier alpha value is -3.50. The second kappa shape index (κ2) is 8.67. The maximum Gasteiger partial charge on any atom is 0.263 e. The van der Waals surface area contributed by atoms with Crippen molar-refractivity contribution in [3.63, 3.8) is 0 Å². The van der Waals surface area contributed by atoms with Crippen molar-refractivity contribution in [2.75, 3.05) is 32.6 Å². The summed E-state index contributed by atoms with van der Waals surface area (Å²) in [6, 6.07) is 11.3. The fourth-order valence-corrected chi connectivity index (χ4v) is 2.75. The first-order chi connectivity index (χ1) is 13.9. The third-order valence-corrected chi connectivity index (χ3v) is 4.48. The Labute approximate surface area is 170 Å². The summed E-state index contributed by atoms with van der Waals surface area (Å²) < 4.78 is 0. The first-order valence-electron chi connectivity index (χ1n) is 9.24. The summed E-state index contributed by atoms with van der Waals surface area (Å²) in [5.41, 5.74) is 3.81. The quantitative estimate of drug-likeness (QED) is 0.687. The molecule has 29 heavy (non-hydrogen) atoms. The van der Waals surface area contributed by atoms with Gasteiger partial charge in [0.05, 0.1) is 11.2 Å². The van der Waals surface area contributed by atoms with Crippen molar-refractivity contribution < 1.29 is 9.90 Å². The number of amides is 1. The Balaban J connectivity index is 1.93. The molecule has 0 aliphatic heterocycles. The number of aliphatic hydroxyl groups is 1. The molecule has 0 fully saturated rings. The number of anilines is 1. The molecular weight excluding hydrogens is 366 g/mol. The van der Waals surface area contributed by atoms with E-state index in [1.165, 1.54) is 11.2 Å². The number of hydrogen-bond donors (Lipinski definition) is 1. The van der Waals surface area contributed by atoms with E-state index in [2.05, 4.69) is 21.8 Å². The molecule has 1 aromatic carbocycles. The highest BCUT2D eigenvalue weighted by Crippen LogP contribution is 2.24. The average molecular weight is 389 g/mol. The Morgan fingerprint density at radius 3 is 2.69 bits per heavy atom. The standard InChI is InChI=1S/C22H23N5O2/c1-5-27(4)22(29)19(28)12-9-15-7-6-8-16(13-15)17-10-11-18-20(25-17)21(26(2)3)24-14-23-18/h6-8,10-11,13-14,19,28H,5H2,1-4H3/t19-/m1/s1. The number of aliphatic hydroxyl groups excluding tert-OH is 1. The van der Waals surface area contributed by atoms with Crippen LogP contribution in [0.4, 0.5) is 5.82 Å². The van der Waals surface area contributed by atoms with Crippen molar-refractivity contribution in [2.24, 2.45) is 0 Å². The molecule has 2 heterocycles. The van der Waals surface area contributed by atoms with Crippen LogP contribution < -0.4 is 4.90 Å². The molecular formula is C22H23N5O2. The van der Waals surface area contributed by atoms with Crippen molar-refractivity contribution in [2.45, 2.75) is 13.0 Å². The van der Waals surface area contributed by atoms with Gasteiger partial charge in [0.25, 0.3) is 5.91 Å². The molecule has 1 atom stereocenters. The minimum Gasteiger partial charge on any atom is -0.372 e. The van der Waals surface area contributed by atoms with Gasteiger partial charge in [-0.25, -0.2) is 15.0 Å². The number of hydrogen-bond acceptors (Lipinski definition) is 6. The maximum atomic E-state index is 11.9. The van der Waals surface area contributed by atoms with Gasteiger partial charge in [-0.1, -0.05) is 24.0 Å². The Kier molecular flexibility index (Phi) is 6.05. The molecule has 1 N–H and O–H groups in total. The number of likely N-dealkylation sites (N-methyl/N-ethyl adjacent to an activating group) is 1. The third-order valence-electron chi connectivity index (χ3n) is 4.48. The van der Waals surface area contributed by atoms with Crippen molar-refractivity contribution in [1.29, 1.82) is 0 Å². The van der Waals surface area contributed by atoms with Gasteiger partial charge in [-0.05, 0) is 31.2 Å².